The number of halogens is 5. The minimum absolute atomic E-state index is 0.172. The Kier molecular flexibility index (Phi) is 4.86. The van der Waals surface area contributed by atoms with E-state index < -0.39 is 36.0 Å². The number of rotatable bonds is 4. The molecular weight excluding hydrogens is 439 g/mol. The van der Waals surface area contributed by atoms with Gasteiger partial charge in [-0.25, -0.2) is 8.78 Å². The number of hydrogen-bond acceptors (Lipinski definition) is 2. The van der Waals surface area contributed by atoms with Gasteiger partial charge in [-0.05, 0) is 58.7 Å². The van der Waals surface area contributed by atoms with Crippen molar-refractivity contribution in [3.05, 3.63) is 107 Å². The van der Waals surface area contributed by atoms with Crippen LogP contribution in [-0.4, -0.2) is 22.1 Å². The smallest absolute Gasteiger partial charge is 0.375 e. The number of aliphatic hydroxyl groups is 1. The standard InChI is InChI=1S/C25H17F5N2O/c26-18-7-4-15(5-8-18)23-19-9-6-17(12-16(19)13-31-23)24(33,25(28,29)30)14-32-11-10-20-21(27)2-1-3-22(20)32/h1-13,23,33H,14H2. The van der Waals surface area contributed by atoms with Crippen LogP contribution in [0.15, 0.2) is 77.9 Å². The van der Waals surface area contributed by atoms with Crippen molar-refractivity contribution in [3.8, 4) is 0 Å². The zero-order valence-electron chi connectivity index (χ0n) is 17.0. The number of alkyl halides is 3. The van der Waals surface area contributed by atoms with Gasteiger partial charge in [0, 0.05) is 17.8 Å². The first-order valence-electron chi connectivity index (χ1n) is 10.1. The minimum atomic E-state index is -5.00. The van der Waals surface area contributed by atoms with Crippen molar-refractivity contribution in [1.82, 2.24) is 4.57 Å². The third-order valence-electron chi connectivity index (χ3n) is 6.04. The molecule has 0 spiro atoms. The van der Waals surface area contributed by atoms with Crippen LogP contribution in [0.3, 0.4) is 0 Å². The van der Waals surface area contributed by atoms with E-state index in [4.69, 9.17) is 0 Å². The van der Waals surface area contributed by atoms with Crippen molar-refractivity contribution in [1.29, 1.82) is 0 Å². The molecule has 4 aromatic rings. The number of hydrogen-bond donors (Lipinski definition) is 1. The molecule has 1 aromatic heterocycles. The first kappa shape index (κ1) is 21.3. The molecule has 2 atom stereocenters. The Morgan fingerprint density at radius 3 is 2.42 bits per heavy atom. The highest BCUT2D eigenvalue weighted by molar-refractivity contribution is 5.86. The summed E-state index contributed by atoms with van der Waals surface area (Å²) in [6.07, 6.45) is -2.23. The summed E-state index contributed by atoms with van der Waals surface area (Å²) < 4.78 is 71.0. The fraction of sp³-hybridized carbons (Fsp3) is 0.160. The van der Waals surface area contributed by atoms with Gasteiger partial charge in [-0.15, -0.1) is 0 Å². The van der Waals surface area contributed by atoms with Crippen LogP contribution in [0.5, 0.6) is 0 Å². The molecule has 8 heteroatoms. The Morgan fingerprint density at radius 1 is 0.939 bits per heavy atom. The van der Waals surface area contributed by atoms with Gasteiger partial charge in [0.2, 0.25) is 5.60 Å². The topological polar surface area (TPSA) is 37.5 Å². The van der Waals surface area contributed by atoms with Gasteiger partial charge >= 0.3 is 6.18 Å². The molecule has 168 valence electrons. The van der Waals surface area contributed by atoms with Crippen molar-refractivity contribution < 1.29 is 27.1 Å². The third-order valence-corrected chi connectivity index (χ3v) is 6.04. The van der Waals surface area contributed by atoms with Crippen LogP contribution in [0, 0.1) is 11.6 Å². The molecule has 0 radical (unpaired) electrons. The van der Waals surface area contributed by atoms with Crippen LogP contribution in [-0.2, 0) is 12.1 Å². The van der Waals surface area contributed by atoms with Gasteiger partial charge < -0.3 is 9.67 Å². The highest BCUT2D eigenvalue weighted by Crippen LogP contribution is 2.43. The summed E-state index contributed by atoms with van der Waals surface area (Å²) in [6, 6.07) is 14.8. The van der Waals surface area contributed by atoms with Crippen LogP contribution in [0.25, 0.3) is 10.9 Å². The third kappa shape index (κ3) is 3.51. The SMILES string of the molecule is OC(Cn1ccc2c(F)cccc21)(c1ccc2c(c1)C=NC2c1ccc(F)cc1)C(F)(F)F. The summed E-state index contributed by atoms with van der Waals surface area (Å²) in [6.45, 7) is -0.846. The van der Waals surface area contributed by atoms with E-state index in [9.17, 15) is 27.1 Å². The van der Waals surface area contributed by atoms with E-state index in [0.717, 1.165) is 0 Å². The summed E-state index contributed by atoms with van der Waals surface area (Å²) in [5.41, 5.74) is -1.53. The molecule has 1 aliphatic rings. The summed E-state index contributed by atoms with van der Waals surface area (Å²) >= 11 is 0. The fourth-order valence-corrected chi connectivity index (χ4v) is 4.25. The second-order valence-electron chi connectivity index (χ2n) is 8.05. The Labute approximate surface area is 185 Å². The summed E-state index contributed by atoms with van der Waals surface area (Å²) in [5, 5.41) is 11.1. The molecule has 5 rings (SSSR count). The van der Waals surface area contributed by atoms with Crippen molar-refractivity contribution >= 4 is 17.1 Å². The van der Waals surface area contributed by atoms with Crippen molar-refractivity contribution in [2.45, 2.75) is 24.4 Å². The average molecular weight is 456 g/mol. The lowest BCUT2D eigenvalue weighted by atomic mass is 9.88. The van der Waals surface area contributed by atoms with E-state index >= 15 is 0 Å². The molecule has 0 bridgehead atoms. The predicted molar refractivity (Wildman–Crippen MR) is 114 cm³/mol. The van der Waals surface area contributed by atoms with Gasteiger partial charge in [-0.3, -0.25) is 4.99 Å². The quantitative estimate of drug-likeness (QED) is 0.382. The molecular formula is C25H17F5N2O. The van der Waals surface area contributed by atoms with Gasteiger partial charge in [-0.2, -0.15) is 13.2 Å². The van der Waals surface area contributed by atoms with E-state index in [1.807, 2.05) is 0 Å². The number of aliphatic imine (C=N–C) groups is 1. The summed E-state index contributed by atoms with van der Waals surface area (Å²) in [5.74, 6) is -0.952. The molecule has 3 nitrogen and oxygen atoms in total. The molecule has 1 aliphatic heterocycles. The maximum absolute atomic E-state index is 14.2. The molecule has 2 heterocycles. The largest absolute Gasteiger partial charge is 0.423 e. The van der Waals surface area contributed by atoms with Crippen molar-refractivity contribution in [2.75, 3.05) is 0 Å². The van der Waals surface area contributed by atoms with Gasteiger partial charge in [0.05, 0.1) is 12.1 Å². The van der Waals surface area contributed by atoms with Gasteiger partial charge in [-0.1, -0.05) is 30.3 Å². The van der Waals surface area contributed by atoms with Crippen molar-refractivity contribution in [3.63, 3.8) is 0 Å². The number of benzene rings is 3. The van der Waals surface area contributed by atoms with Crippen LogP contribution in [0.2, 0.25) is 0 Å². The average Bonchev–Trinajstić information content (AvgIpc) is 3.38. The number of fused-ring (bicyclic) bond motifs is 2. The van der Waals surface area contributed by atoms with E-state index in [0.29, 0.717) is 16.7 Å². The molecule has 1 N–H and O–H groups in total. The second-order valence-corrected chi connectivity index (χ2v) is 8.05. The molecule has 0 aliphatic carbocycles. The first-order chi connectivity index (χ1) is 15.7. The van der Waals surface area contributed by atoms with Gasteiger partial charge in [0.25, 0.3) is 0 Å². The fourth-order valence-electron chi connectivity index (χ4n) is 4.25. The van der Waals surface area contributed by atoms with Crippen molar-refractivity contribution in [2.24, 2.45) is 4.99 Å². The summed E-state index contributed by atoms with van der Waals surface area (Å²) in [4.78, 5) is 4.36. The number of nitrogens with zero attached hydrogens (tertiary/aromatic N) is 2. The van der Waals surface area contributed by atoms with E-state index in [1.165, 1.54) is 71.6 Å². The maximum atomic E-state index is 14.2. The first-order valence-corrected chi connectivity index (χ1v) is 10.1. The molecule has 0 amide bonds. The summed E-state index contributed by atoms with van der Waals surface area (Å²) in [7, 11) is 0. The monoisotopic (exact) mass is 456 g/mol. The molecule has 0 saturated carbocycles. The molecule has 2 unspecified atom stereocenters. The zero-order chi connectivity index (χ0) is 23.4. The van der Waals surface area contributed by atoms with Gasteiger partial charge in [0.15, 0.2) is 0 Å². The lowest BCUT2D eigenvalue weighted by molar-refractivity contribution is -0.271. The van der Waals surface area contributed by atoms with Crippen LogP contribution in [0.4, 0.5) is 22.0 Å². The molecule has 33 heavy (non-hydrogen) atoms. The molecule has 0 saturated heterocycles. The maximum Gasteiger partial charge on any atom is 0.423 e. The predicted octanol–water partition coefficient (Wildman–Crippen LogP) is 5.89. The Hall–Kier alpha value is -3.52. The van der Waals surface area contributed by atoms with E-state index in [1.54, 1.807) is 12.1 Å². The van der Waals surface area contributed by atoms with Crippen LogP contribution < -0.4 is 0 Å². The normalized spacial score (nSPS) is 17.3. The zero-order valence-corrected chi connectivity index (χ0v) is 17.0. The second kappa shape index (κ2) is 7.52. The molecule has 3 aromatic carbocycles. The molecule has 0 fully saturated rings. The van der Waals surface area contributed by atoms with E-state index in [-0.39, 0.29) is 16.5 Å². The highest BCUT2D eigenvalue weighted by atomic mass is 19.4. The lowest BCUT2D eigenvalue weighted by Crippen LogP contribution is -2.45. The van der Waals surface area contributed by atoms with Crippen LogP contribution in [0.1, 0.15) is 28.3 Å². The Balaban J connectivity index is 1.54. The van der Waals surface area contributed by atoms with Gasteiger partial charge in [0.1, 0.15) is 17.7 Å². The number of aromatic nitrogens is 1. The highest BCUT2D eigenvalue weighted by Gasteiger charge is 2.55. The Morgan fingerprint density at radius 2 is 1.70 bits per heavy atom. The van der Waals surface area contributed by atoms with Crippen LogP contribution >= 0.6 is 0 Å². The minimum Gasteiger partial charge on any atom is -0.375 e. The van der Waals surface area contributed by atoms with E-state index in [2.05, 4.69) is 4.99 Å². The lowest BCUT2D eigenvalue weighted by Gasteiger charge is -2.32. The Bertz CT molecular complexity index is 1370.